The zero-order valence-corrected chi connectivity index (χ0v) is 18.8. The lowest BCUT2D eigenvalue weighted by molar-refractivity contribution is -0.274. The predicted octanol–water partition coefficient (Wildman–Crippen LogP) is 5.87. The summed E-state index contributed by atoms with van der Waals surface area (Å²) in [6.45, 7) is 0. The number of anilines is 1. The van der Waals surface area contributed by atoms with Gasteiger partial charge in [-0.15, -0.1) is 13.2 Å². The van der Waals surface area contributed by atoms with Crippen molar-refractivity contribution in [2.45, 2.75) is 12.4 Å². The SMILES string of the molecule is COc1cccc(C2/C(=C(\O)c3cccc(Cl)c3)C(=O)C(=O)N2c2cccc(OC(F)(F)F)c2)c1. The van der Waals surface area contributed by atoms with Gasteiger partial charge in [0.1, 0.15) is 17.3 Å². The Hall–Kier alpha value is -3.98. The van der Waals surface area contributed by atoms with Gasteiger partial charge in [0, 0.05) is 22.3 Å². The van der Waals surface area contributed by atoms with Gasteiger partial charge in [-0.25, -0.2) is 0 Å². The molecule has 0 radical (unpaired) electrons. The molecular formula is C25H17ClF3NO5. The summed E-state index contributed by atoms with van der Waals surface area (Å²) in [4.78, 5) is 27.3. The van der Waals surface area contributed by atoms with Crippen LogP contribution in [-0.2, 0) is 9.59 Å². The number of aliphatic hydroxyl groups is 1. The number of ether oxygens (including phenoxy) is 2. The van der Waals surface area contributed by atoms with Crippen molar-refractivity contribution in [1.29, 1.82) is 0 Å². The molecule has 180 valence electrons. The van der Waals surface area contributed by atoms with Crippen LogP contribution in [-0.4, -0.2) is 30.3 Å². The molecule has 0 bridgehead atoms. The second-order valence-corrected chi connectivity index (χ2v) is 7.94. The standard InChI is InChI=1S/C25H17ClF3NO5/c1-34-18-9-3-5-14(12-18)21-20(22(31)15-6-2-7-16(26)11-15)23(32)24(33)30(21)17-8-4-10-19(13-17)35-25(27,28)29/h2-13,21,31H,1H3/b22-20+. The number of halogens is 4. The average Bonchev–Trinajstić information content (AvgIpc) is 3.08. The molecule has 3 aromatic carbocycles. The summed E-state index contributed by atoms with van der Waals surface area (Å²) in [6.07, 6.45) is -4.95. The largest absolute Gasteiger partial charge is 0.573 e. The Morgan fingerprint density at radius 1 is 0.971 bits per heavy atom. The average molecular weight is 504 g/mol. The van der Waals surface area contributed by atoms with Crippen LogP contribution in [0.15, 0.2) is 78.4 Å². The van der Waals surface area contributed by atoms with Crippen molar-refractivity contribution in [3.05, 3.63) is 94.5 Å². The molecule has 0 saturated carbocycles. The number of carbonyl (C=O) groups is 2. The van der Waals surface area contributed by atoms with E-state index in [-0.39, 0.29) is 16.8 Å². The third-order valence-corrected chi connectivity index (χ3v) is 5.52. The monoisotopic (exact) mass is 503 g/mol. The summed E-state index contributed by atoms with van der Waals surface area (Å²) in [7, 11) is 1.43. The Morgan fingerprint density at radius 3 is 2.34 bits per heavy atom. The molecule has 0 aromatic heterocycles. The van der Waals surface area contributed by atoms with Crippen molar-refractivity contribution in [3.63, 3.8) is 0 Å². The maximum Gasteiger partial charge on any atom is 0.573 e. The Kier molecular flexibility index (Phi) is 6.45. The molecule has 1 aliphatic rings. The minimum absolute atomic E-state index is 0.0354. The molecule has 1 unspecified atom stereocenters. The Bertz CT molecular complexity index is 1340. The molecule has 10 heteroatoms. The van der Waals surface area contributed by atoms with E-state index in [4.69, 9.17) is 16.3 Å². The highest BCUT2D eigenvalue weighted by Crippen LogP contribution is 2.43. The fourth-order valence-electron chi connectivity index (χ4n) is 3.85. The van der Waals surface area contributed by atoms with Crippen LogP contribution in [0, 0.1) is 0 Å². The van der Waals surface area contributed by atoms with Crippen LogP contribution in [0.2, 0.25) is 5.02 Å². The van der Waals surface area contributed by atoms with E-state index in [9.17, 15) is 27.9 Å². The molecule has 0 aliphatic carbocycles. The minimum atomic E-state index is -4.95. The molecule has 1 saturated heterocycles. The molecule has 35 heavy (non-hydrogen) atoms. The maximum atomic E-state index is 13.2. The molecular weight excluding hydrogens is 487 g/mol. The van der Waals surface area contributed by atoms with E-state index in [1.54, 1.807) is 36.4 Å². The fraction of sp³-hybridized carbons (Fsp3) is 0.120. The number of hydrogen-bond donors (Lipinski definition) is 1. The number of nitrogens with zero attached hydrogens (tertiary/aromatic N) is 1. The number of Topliss-reactive ketones (excluding diaryl/α,β-unsaturated/α-hetero) is 1. The van der Waals surface area contributed by atoms with Crippen molar-refractivity contribution in [1.82, 2.24) is 0 Å². The van der Waals surface area contributed by atoms with Gasteiger partial charge in [-0.3, -0.25) is 14.5 Å². The van der Waals surface area contributed by atoms with Gasteiger partial charge in [0.05, 0.1) is 18.7 Å². The third-order valence-electron chi connectivity index (χ3n) is 5.28. The summed E-state index contributed by atoms with van der Waals surface area (Å²) in [5.74, 6) is -2.70. The highest BCUT2D eigenvalue weighted by atomic mass is 35.5. The lowest BCUT2D eigenvalue weighted by atomic mass is 9.95. The zero-order chi connectivity index (χ0) is 25.3. The normalized spacial score (nSPS) is 17.5. The Morgan fingerprint density at radius 2 is 1.66 bits per heavy atom. The second-order valence-electron chi connectivity index (χ2n) is 7.50. The van der Waals surface area contributed by atoms with Crippen molar-refractivity contribution in [2.24, 2.45) is 0 Å². The minimum Gasteiger partial charge on any atom is -0.507 e. The number of hydrogen-bond acceptors (Lipinski definition) is 5. The fourth-order valence-corrected chi connectivity index (χ4v) is 4.04. The van der Waals surface area contributed by atoms with E-state index in [0.717, 1.165) is 17.0 Å². The molecule has 1 amide bonds. The first-order valence-corrected chi connectivity index (χ1v) is 10.5. The third kappa shape index (κ3) is 4.95. The summed E-state index contributed by atoms with van der Waals surface area (Å²) >= 11 is 6.03. The van der Waals surface area contributed by atoms with Gasteiger partial charge in [0.25, 0.3) is 11.7 Å². The number of amides is 1. The predicted molar refractivity (Wildman–Crippen MR) is 122 cm³/mol. The molecule has 1 heterocycles. The summed E-state index contributed by atoms with van der Waals surface area (Å²) in [5.41, 5.74) is 0.284. The number of benzene rings is 3. The number of ketones is 1. The summed E-state index contributed by atoms with van der Waals surface area (Å²) < 4.78 is 47.6. The molecule has 1 aliphatic heterocycles. The van der Waals surface area contributed by atoms with E-state index < -0.39 is 35.6 Å². The lowest BCUT2D eigenvalue weighted by Crippen LogP contribution is -2.29. The Balaban J connectivity index is 1.92. The van der Waals surface area contributed by atoms with Gasteiger partial charge < -0.3 is 14.6 Å². The topological polar surface area (TPSA) is 76.1 Å². The van der Waals surface area contributed by atoms with Crippen LogP contribution in [0.25, 0.3) is 5.76 Å². The number of aliphatic hydroxyl groups excluding tert-OH is 1. The molecule has 4 rings (SSSR count). The molecule has 1 atom stereocenters. The molecule has 1 N–H and O–H groups in total. The van der Waals surface area contributed by atoms with E-state index in [1.165, 1.54) is 31.4 Å². The number of methoxy groups -OCH3 is 1. The molecule has 0 spiro atoms. The summed E-state index contributed by atoms with van der Waals surface area (Å²) in [5, 5.41) is 11.4. The van der Waals surface area contributed by atoms with Gasteiger partial charge in [0.2, 0.25) is 0 Å². The number of alkyl halides is 3. The first-order valence-electron chi connectivity index (χ1n) is 10.2. The van der Waals surface area contributed by atoms with E-state index in [0.29, 0.717) is 16.3 Å². The number of rotatable bonds is 5. The molecule has 6 nitrogen and oxygen atoms in total. The smallest absolute Gasteiger partial charge is 0.507 e. The van der Waals surface area contributed by atoms with Gasteiger partial charge in [-0.1, -0.05) is 41.9 Å². The zero-order valence-electron chi connectivity index (χ0n) is 18.0. The van der Waals surface area contributed by atoms with Gasteiger partial charge in [-0.2, -0.15) is 0 Å². The van der Waals surface area contributed by atoms with Crippen LogP contribution in [0.3, 0.4) is 0 Å². The lowest BCUT2D eigenvalue weighted by Gasteiger charge is -2.26. The van der Waals surface area contributed by atoms with Crippen molar-refractivity contribution >= 4 is 34.7 Å². The van der Waals surface area contributed by atoms with Crippen LogP contribution in [0.4, 0.5) is 18.9 Å². The van der Waals surface area contributed by atoms with Crippen molar-refractivity contribution < 1.29 is 37.3 Å². The highest BCUT2D eigenvalue weighted by Gasteiger charge is 2.47. The second kappa shape index (κ2) is 9.34. The molecule has 3 aromatic rings. The van der Waals surface area contributed by atoms with Crippen LogP contribution >= 0.6 is 11.6 Å². The van der Waals surface area contributed by atoms with Crippen molar-refractivity contribution in [3.8, 4) is 11.5 Å². The van der Waals surface area contributed by atoms with Gasteiger partial charge >= 0.3 is 6.36 Å². The van der Waals surface area contributed by atoms with E-state index >= 15 is 0 Å². The van der Waals surface area contributed by atoms with Gasteiger partial charge in [0.15, 0.2) is 0 Å². The van der Waals surface area contributed by atoms with Crippen LogP contribution < -0.4 is 14.4 Å². The summed E-state index contributed by atoms with van der Waals surface area (Å²) in [6, 6.07) is 16.0. The first-order chi connectivity index (χ1) is 16.6. The van der Waals surface area contributed by atoms with Crippen molar-refractivity contribution in [2.75, 3.05) is 12.0 Å². The Labute approximate surface area is 202 Å². The van der Waals surface area contributed by atoms with E-state index in [1.807, 2.05) is 0 Å². The maximum absolute atomic E-state index is 13.2. The highest BCUT2D eigenvalue weighted by molar-refractivity contribution is 6.51. The van der Waals surface area contributed by atoms with Gasteiger partial charge in [-0.05, 0) is 42.0 Å². The quantitative estimate of drug-likeness (QED) is 0.267. The van der Waals surface area contributed by atoms with E-state index in [2.05, 4.69) is 4.74 Å². The molecule has 1 fully saturated rings. The van der Waals surface area contributed by atoms with Crippen LogP contribution in [0.5, 0.6) is 11.5 Å². The first kappa shape index (κ1) is 24.2. The number of carbonyl (C=O) groups excluding carboxylic acids is 2. The van der Waals surface area contributed by atoms with Crippen LogP contribution in [0.1, 0.15) is 17.2 Å².